The maximum atomic E-state index is 12.1. The van der Waals surface area contributed by atoms with Crippen LogP contribution in [0.1, 0.15) is 33.6 Å². The van der Waals surface area contributed by atoms with Gasteiger partial charge in [-0.15, -0.1) is 0 Å². The lowest BCUT2D eigenvalue weighted by atomic mass is 9.86. The molecule has 1 heterocycles. The largest absolute Gasteiger partial charge is 0.481 e. The topological polar surface area (TPSA) is 83.6 Å². The van der Waals surface area contributed by atoms with Gasteiger partial charge in [0.25, 0.3) is 0 Å². The number of carboxylic acid groups (broad SMARTS) is 1. The van der Waals surface area contributed by atoms with E-state index in [1.807, 2.05) is 20.8 Å². The maximum absolute atomic E-state index is 12.1. The number of aliphatic carboxylic acids is 1. The summed E-state index contributed by atoms with van der Waals surface area (Å²) in [7, 11) is 0. The van der Waals surface area contributed by atoms with E-state index in [2.05, 4.69) is 0 Å². The summed E-state index contributed by atoms with van der Waals surface area (Å²) in [6, 6.07) is -0.574. The van der Waals surface area contributed by atoms with Crippen LogP contribution in [0.15, 0.2) is 0 Å². The van der Waals surface area contributed by atoms with Gasteiger partial charge in [0, 0.05) is 13.1 Å². The first-order valence-corrected chi connectivity index (χ1v) is 6.00. The molecule has 0 saturated carbocycles. The molecule has 2 atom stereocenters. The standard InChI is InChI=1S/C12H22N2O3/c1-12(2,3)9(13)10(15)14-6-4-5-8(7-14)11(16)17/h8-9H,4-7,13H2,1-3H3,(H,16,17). The molecule has 0 aromatic rings. The van der Waals surface area contributed by atoms with E-state index in [9.17, 15) is 9.59 Å². The van der Waals surface area contributed by atoms with E-state index >= 15 is 0 Å². The van der Waals surface area contributed by atoms with Gasteiger partial charge >= 0.3 is 5.97 Å². The van der Waals surface area contributed by atoms with Crippen molar-refractivity contribution in [2.75, 3.05) is 13.1 Å². The molecule has 1 rings (SSSR count). The van der Waals surface area contributed by atoms with E-state index in [1.165, 1.54) is 0 Å². The van der Waals surface area contributed by atoms with Crippen LogP contribution in [0.5, 0.6) is 0 Å². The first-order valence-electron chi connectivity index (χ1n) is 6.00. The molecular weight excluding hydrogens is 220 g/mol. The highest BCUT2D eigenvalue weighted by Crippen LogP contribution is 2.22. The number of nitrogens with two attached hydrogens (primary N) is 1. The van der Waals surface area contributed by atoms with Crippen molar-refractivity contribution in [2.45, 2.75) is 39.7 Å². The Morgan fingerprint density at radius 1 is 1.41 bits per heavy atom. The van der Waals surface area contributed by atoms with Crippen LogP contribution in [0, 0.1) is 11.3 Å². The van der Waals surface area contributed by atoms with E-state index in [-0.39, 0.29) is 17.9 Å². The smallest absolute Gasteiger partial charge is 0.308 e. The third-order valence-electron chi connectivity index (χ3n) is 3.28. The Kier molecular flexibility index (Phi) is 4.14. The fourth-order valence-corrected chi connectivity index (χ4v) is 1.95. The maximum Gasteiger partial charge on any atom is 0.308 e. The molecule has 1 saturated heterocycles. The molecule has 5 heteroatoms. The summed E-state index contributed by atoms with van der Waals surface area (Å²) < 4.78 is 0. The van der Waals surface area contributed by atoms with Crippen molar-refractivity contribution < 1.29 is 14.7 Å². The number of likely N-dealkylation sites (tertiary alicyclic amines) is 1. The van der Waals surface area contributed by atoms with Gasteiger partial charge in [-0.05, 0) is 18.3 Å². The first kappa shape index (κ1) is 14.0. The highest BCUT2D eigenvalue weighted by Gasteiger charge is 2.34. The summed E-state index contributed by atoms with van der Waals surface area (Å²) in [5.41, 5.74) is 5.61. The Morgan fingerprint density at radius 2 is 2.00 bits per heavy atom. The van der Waals surface area contributed by atoms with Crippen molar-refractivity contribution in [2.24, 2.45) is 17.1 Å². The number of rotatable bonds is 2. The molecule has 3 N–H and O–H groups in total. The molecule has 0 aromatic heterocycles. The fraction of sp³-hybridized carbons (Fsp3) is 0.833. The zero-order valence-electron chi connectivity index (χ0n) is 10.8. The van der Waals surface area contributed by atoms with Crippen LogP contribution in [0.4, 0.5) is 0 Å². The van der Waals surface area contributed by atoms with Crippen molar-refractivity contribution >= 4 is 11.9 Å². The minimum absolute atomic E-state index is 0.136. The van der Waals surface area contributed by atoms with Crippen molar-refractivity contribution in [3.05, 3.63) is 0 Å². The van der Waals surface area contributed by atoms with E-state index in [1.54, 1.807) is 4.90 Å². The van der Waals surface area contributed by atoms with Gasteiger partial charge in [-0.1, -0.05) is 20.8 Å². The normalized spacial score (nSPS) is 23.3. The molecule has 98 valence electrons. The zero-order chi connectivity index (χ0) is 13.2. The van der Waals surface area contributed by atoms with E-state index in [0.29, 0.717) is 13.0 Å². The van der Waals surface area contributed by atoms with Gasteiger partial charge in [0.2, 0.25) is 5.91 Å². The summed E-state index contributed by atoms with van der Waals surface area (Å²) in [6.45, 7) is 6.64. The summed E-state index contributed by atoms with van der Waals surface area (Å²) in [5, 5.41) is 8.97. The van der Waals surface area contributed by atoms with Crippen molar-refractivity contribution in [1.29, 1.82) is 0 Å². The van der Waals surface area contributed by atoms with Gasteiger partial charge in [-0.25, -0.2) is 0 Å². The average molecular weight is 242 g/mol. The molecule has 17 heavy (non-hydrogen) atoms. The minimum Gasteiger partial charge on any atom is -0.481 e. The summed E-state index contributed by atoms with van der Waals surface area (Å²) in [6.07, 6.45) is 1.38. The lowest BCUT2D eigenvalue weighted by Gasteiger charge is -2.36. The molecule has 0 bridgehead atoms. The van der Waals surface area contributed by atoms with Gasteiger partial charge in [0.05, 0.1) is 12.0 Å². The quantitative estimate of drug-likeness (QED) is 0.746. The van der Waals surface area contributed by atoms with Crippen LogP contribution in [-0.4, -0.2) is 41.0 Å². The van der Waals surface area contributed by atoms with Crippen molar-refractivity contribution in [3.63, 3.8) is 0 Å². The number of hydrogen-bond acceptors (Lipinski definition) is 3. The highest BCUT2D eigenvalue weighted by atomic mass is 16.4. The molecule has 1 aliphatic rings. The Bertz CT molecular complexity index is 309. The van der Waals surface area contributed by atoms with Gasteiger partial charge in [-0.3, -0.25) is 9.59 Å². The van der Waals surface area contributed by atoms with Gasteiger partial charge in [0.1, 0.15) is 0 Å². The lowest BCUT2D eigenvalue weighted by molar-refractivity contribution is -0.146. The molecule has 1 fully saturated rings. The predicted octanol–water partition coefficient (Wildman–Crippen LogP) is 0.683. The molecule has 0 aromatic carbocycles. The molecule has 0 aliphatic carbocycles. The second-order valence-electron chi connectivity index (χ2n) is 5.81. The number of piperidine rings is 1. The summed E-state index contributed by atoms with van der Waals surface area (Å²) in [5.74, 6) is -1.41. The molecule has 1 amide bonds. The van der Waals surface area contributed by atoms with E-state index in [4.69, 9.17) is 10.8 Å². The molecule has 5 nitrogen and oxygen atoms in total. The summed E-state index contributed by atoms with van der Waals surface area (Å²) >= 11 is 0. The van der Waals surface area contributed by atoms with Crippen LogP contribution < -0.4 is 5.73 Å². The molecule has 2 unspecified atom stereocenters. The van der Waals surface area contributed by atoms with Crippen LogP contribution >= 0.6 is 0 Å². The number of nitrogens with zero attached hydrogens (tertiary/aromatic N) is 1. The SMILES string of the molecule is CC(C)(C)C(N)C(=O)N1CCCC(C(=O)O)C1. The third-order valence-corrected chi connectivity index (χ3v) is 3.28. The third kappa shape index (κ3) is 3.43. The number of carboxylic acids is 1. The molecule has 0 radical (unpaired) electrons. The second-order valence-corrected chi connectivity index (χ2v) is 5.81. The Labute approximate surface area is 102 Å². The molecule has 0 spiro atoms. The van der Waals surface area contributed by atoms with Gasteiger partial charge in [-0.2, -0.15) is 0 Å². The Hall–Kier alpha value is -1.10. The molecular formula is C12H22N2O3. The Morgan fingerprint density at radius 3 is 2.47 bits per heavy atom. The first-order chi connectivity index (χ1) is 7.73. The number of carbonyl (C=O) groups excluding carboxylic acids is 1. The number of hydrogen-bond donors (Lipinski definition) is 2. The average Bonchev–Trinajstić information content (AvgIpc) is 2.26. The van der Waals surface area contributed by atoms with E-state index in [0.717, 1.165) is 6.42 Å². The van der Waals surface area contributed by atoms with Crippen LogP contribution in [0.2, 0.25) is 0 Å². The van der Waals surface area contributed by atoms with Gasteiger partial charge < -0.3 is 15.7 Å². The molecule has 1 aliphatic heterocycles. The fourth-order valence-electron chi connectivity index (χ4n) is 1.95. The summed E-state index contributed by atoms with van der Waals surface area (Å²) in [4.78, 5) is 24.6. The predicted molar refractivity (Wildman–Crippen MR) is 64.4 cm³/mol. The van der Waals surface area contributed by atoms with E-state index < -0.39 is 17.9 Å². The zero-order valence-corrected chi connectivity index (χ0v) is 10.8. The van der Waals surface area contributed by atoms with Crippen molar-refractivity contribution in [1.82, 2.24) is 4.90 Å². The van der Waals surface area contributed by atoms with Crippen LogP contribution in [0.3, 0.4) is 0 Å². The van der Waals surface area contributed by atoms with Crippen molar-refractivity contribution in [3.8, 4) is 0 Å². The number of carbonyl (C=O) groups is 2. The highest BCUT2D eigenvalue weighted by molar-refractivity contribution is 5.83. The van der Waals surface area contributed by atoms with Crippen LogP contribution in [0.25, 0.3) is 0 Å². The Balaban J connectivity index is 2.67. The second kappa shape index (κ2) is 5.04. The lowest BCUT2D eigenvalue weighted by Crippen LogP contribution is -2.53. The minimum atomic E-state index is -0.827. The van der Waals surface area contributed by atoms with Crippen LogP contribution in [-0.2, 0) is 9.59 Å². The van der Waals surface area contributed by atoms with Gasteiger partial charge in [0.15, 0.2) is 0 Å². The number of amides is 1. The monoisotopic (exact) mass is 242 g/mol.